The van der Waals surface area contributed by atoms with E-state index in [-0.39, 0.29) is 0 Å². The lowest BCUT2D eigenvalue weighted by molar-refractivity contribution is 1.50. The maximum atomic E-state index is 5.70. The van der Waals surface area contributed by atoms with Crippen LogP contribution in [-0.2, 0) is 0 Å². The zero-order valence-corrected chi connectivity index (χ0v) is 8.88. The van der Waals surface area contributed by atoms with Crippen molar-refractivity contribution in [1.29, 1.82) is 0 Å². The molecule has 0 heterocycles. The lowest BCUT2D eigenvalue weighted by atomic mass is 10.0. The highest BCUT2D eigenvalue weighted by Crippen LogP contribution is 2.24. The quantitative estimate of drug-likeness (QED) is 0.704. The predicted molar refractivity (Wildman–Crippen MR) is 66.8 cm³/mol. The molecule has 0 unspecified atom stereocenters. The number of benzene rings is 1. The van der Waals surface area contributed by atoms with Crippen molar-refractivity contribution in [1.82, 2.24) is 0 Å². The molecule has 0 aliphatic rings. The third kappa shape index (κ3) is 2.39. The summed E-state index contributed by atoms with van der Waals surface area (Å²) in [4.78, 5) is 0. The zero-order valence-electron chi connectivity index (χ0n) is 8.88. The molecule has 2 heteroatoms. The van der Waals surface area contributed by atoms with Crippen LogP contribution >= 0.6 is 0 Å². The molecule has 0 amide bonds. The first-order valence-corrected chi connectivity index (χ1v) is 4.63. The molecule has 0 aliphatic heterocycles. The van der Waals surface area contributed by atoms with Gasteiger partial charge in [0.25, 0.3) is 0 Å². The summed E-state index contributed by atoms with van der Waals surface area (Å²) in [5.41, 5.74) is 14.5. The van der Waals surface area contributed by atoms with E-state index in [1.54, 1.807) is 24.3 Å². The molecular formula is C12H18N2. The van der Waals surface area contributed by atoms with Crippen molar-refractivity contribution in [2.45, 2.75) is 13.8 Å². The van der Waals surface area contributed by atoms with E-state index in [0.29, 0.717) is 11.4 Å². The molecule has 14 heavy (non-hydrogen) atoms. The zero-order chi connectivity index (χ0) is 11.1. The summed E-state index contributed by atoms with van der Waals surface area (Å²) in [6.45, 7) is 11.3. The molecule has 0 atom stereocenters. The Balaban J connectivity index is 0.000000791. The molecule has 0 saturated heterocycles. The van der Waals surface area contributed by atoms with Crippen LogP contribution < -0.4 is 11.5 Å². The van der Waals surface area contributed by atoms with E-state index in [4.69, 9.17) is 11.5 Å². The van der Waals surface area contributed by atoms with Crippen molar-refractivity contribution in [2.75, 3.05) is 11.5 Å². The molecular weight excluding hydrogens is 172 g/mol. The summed E-state index contributed by atoms with van der Waals surface area (Å²) in [7, 11) is 0. The fourth-order valence-electron chi connectivity index (χ4n) is 1.13. The van der Waals surface area contributed by atoms with E-state index in [1.165, 1.54) is 0 Å². The van der Waals surface area contributed by atoms with Crippen LogP contribution in [0.4, 0.5) is 11.4 Å². The van der Waals surface area contributed by atoms with Gasteiger partial charge in [-0.3, -0.25) is 0 Å². The standard InChI is InChI=1S/C10H12N2.C2H6/c1-3-7-8(4-2)10(12)6-5-9(7)11;1-2/h3-6H,1-2,11-12H2;1-2H3. The fraction of sp³-hybridized carbons (Fsp3) is 0.167. The summed E-state index contributed by atoms with van der Waals surface area (Å²) in [5.74, 6) is 0. The Morgan fingerprint density at radius 3 is 1.43 bits per heavy atom. The second-order valence-electron chi connectivity index (χ2n) is 2.48. The summed E-state index contributed by atoms with van der Waals surface area (Å²) in [5, 5.41) is 0. The Labute approximate surface area is 85.9 Å². The van der Waals surface area contributed by atoms with Gasteiger partial charge in [-0.15, -0.1) is 0 Å². The number of nitrogens with two attached hydrogens (primary N) is 2. The van der Waals surface area contributed by atoms with Gasteiger partial charge < -0.3 is 11.5 Å². The van der Waals surface area contributed by atoms with Gasteiger partial charge in [-0.1, -0.05) is 39.2 Å². The molecule has 0 radical (unpaired) electrons. The normalized spacial score (nSPS) is 8.43. The molecule has 0 bridgehead atoms. The van der Waals surface area contributed by atoms with Gasteiger partial charge in [-0.05, 0) is 12.1 Å². The average molecular weight is 190 g/mol. The van der Waals surface area contributed by atoms with Crippen LogP contribution in [-0.4, -0.2) is 0 Å². The number of anilines is 2. The van der Waals surface area contributed by atoms with Crippen LogP contribution in [0, 0.1) is 0 Å². The van der Waals surface area contributed by atoms with Crippen molar-refractivity contribution in [3.63, 3.8) is 0 Å². The summed E-state index contributed by atoms with van der Waals surface area (Å²) < 4.78 is 0. The molecule has 4 N–H and O–H groups in total. The van der Waals surface area contributed by atoms with Gasteiger partial charge in [0.05, 0.1) is 0 Å². The van der Waals surface area contributed by atoms with Gasteiger partial charge in [-0.2, -0.15) is 0 Å². The van der Waals surface area contributed by atoms with Crippen molar-refractivity contribution in [2.24, 2.45) is 0 Å². The fourth-order valence-corrected chi connectivity index (χ4v) is 1.13. The van der Waals surface area contributed by atoms with Crippen LogP contribution in [0.15, 0.2) is 25.3 Å². The Morgan fingerprint density at radius 2 is 1.21 bits per heavy atom. The van der Waals surface area contributed by atoms with Gasteiger partial charge in [0.2, 0.25) is 0 Å². The Hall–Kier alpha value is -1.70. The van der Waals surface area contributed by atoms with E-state index in [2.05, 4.69) is 13.2 Å². The SMILES string of the molecule is C=Cc1c(N)ccc(N)c1C=C.CC. The highest BCUT2D eigenvalue weighted by Gasteiger charge is 2.02. The van der Waals surface area contributed by atoms with Crippen molar-refractivity contribution < 1.29 is 0 Å². The second-order valence-corrected chi connectivity index (χ2v) is 2.48. The first kappa shape index (κ1) is 12.3. The third-order valence-corrected chi connectivity index (χ3v) is 1.76. The molecule has 2 nitrogen and oxygen atoms in total. The van der Waals surface area contributed by atoms with E-state index in [0.717, 1.165) is 11.1 Å². The predicted octanol–water partition coefficient (Wildman–Crippen LogP) is 3.16. The Kier molecular flexibility index (Phi) is 5.15. The highest BCUT2D eigenvalue weighted by molar-refractivity contribution is 5.80. The Morgan fingerprint density at radius 1 is 0.929 bits per heavy atom. The maximum absolute atomic E-state index is 5.70. The van der Waals surface area contributed by atoms with Gasteiger partial charge >= 0.3 is 0 Å². The van der Waals surface area contributed by atoms with Crippen molar-refractivity contribution >= 4 is 23.5 Å². The number of rotatable bonds is 2. The Bertz CT molecular complexity index is 294. The van der Waals surface area contributed by atoms with E-state index >= 15 is 0 Å². The molecule has 0 fully saturated rings. The molecule has 0 spiro atoms. The van der Waals surface area contributed by atoms with Gasteiger partial charge in [0.15, 0.2) is 0 Å². The minimum absolute atomic E-state index is 0.675. The van der Waals surface area contributed by atoms with Crippen LogP contribution in [0.3, 0.4) is 0 Å². The average Bonchev–Trinajstić information content (AvgIpc) is 2.24. The minimum Gasteiger partial charge on any atom is -0.398 e. The first-order chi connectivity index (χ1) is 6.70. The maximum Gasteiger partial charge on any atom is 0.0395 e. The van der Waals surface area contributed by atoms with Crippen LogP contribution in [0.1, 0.15) is 25.0 Å². The summed E-state index contributed by atoms with van der Waals surface area (Å²) >= 11 is 0. The molecule has 1 aromatic carbocycles. The minimum atomic E-state index is 0.675. The summed E-state index contributed by atoms with van der Waals surface area (Å²) in [6.07, 6.45) is 3.37. The van der Waals surface area contributed by atoms with E-state index < -0.39 is 0 Å². The molecule has 76 valence electrons. The number of hydrogen-bond acceptors (Lipinski definition) is 2. The molecule has 1 aromatic rings. The highest BCUT2D eigenvalue weighted by atomic mass is 14.6. The van der Waals surface area contributed by atoms with E-state index in [9.17, 15) is 0 Å². The lowest BCUT2D eigenvalue weighted by Gasteiger charge is -2.07. The van der Waals surface area contributed by atoms with Gasteiger partial charge in [0.1, 0.15) is 0 Å². The molecule has 0 saturated carbocycles. The van der Waals surface area contributed by atoms with Gasteiger partial charge in [-0.25, -0.2) is 0 Å². The largest absolute Gasteiger partial charge is 0.398 e. The monoisotopic (exact) mass is 190 g/mol. The number of nitrogen functional groups attached to an aromatic ring is 2. The van der Waals surface area contributed by atoms with Crippen molar-refractivity contribution in [3.05, 3.63) is 36.4 Å². The molecule has 0 aromatic heterocycles. The van der Waals surface area contributed by atoms with Crippen LogP contribution in [0.5, 0.6) is 0 Å². The van der Waals surface area contributed by atoms with Crippen LogP contribution in [0.25, 0.3) is 12.2 Å². The van der Waals surface area contributed by atoms with E-state index in [1.807, 2.05) is 13.8 Å². The first-order valence-electron chi connectivity index (χ1n) is 4.63. The third-order valence-electron chi connectivity index (χ3n) is 1.76. The van der Waals surface area contributed by atoms with Gasteiger partial charge in [0, 0.05) is 22.5 Å². The smallest absolute Gasteiger partial charge is 0.0395 e. The summed E-state index contributed by atoms with van der Waals surface area (Å²) in [6, 6.07) is 3.53. The molecule has 0 aliphatic carbocycles. The molecule has 1 rings (SSSR count). The topological polar surface area (TPSA) is 52.0 Å². The van der Waals surface area contributed by atoms with Crippen molar-refractivity contribution in [3.8, 4) is 0 Å². The lowest BCUT2D eigenvalue weighted by Crippen LogP contribution is -1.96. The second kappa shape index (κ2) is 5.86. The van der Waals surface area contributed by atoms with Crippen LogP contribution in [0.2, 0.25) is 0 Å². The number of hydrogen-bond donors (Lipinski definition) is 2.